The lowest BCUT2D eigenvalue weighted by Gasteiger charge is -2.14. The van der Waals surface area contributed by atoms with Gasteiger partial charge in [-0.25, -0.2) is 8.42 Å². The predicted molar refractivity (Wildman–Crippen MR) is 112 cm³/mol. The Morgan fingerprint density at radius 3 is 2.38 bits per heavy atom. The molecular weight excluding hydrogens is 456 g/mol. The average Bonchev–Trinajstić information content (AvgIpc) is 3.39. The summed E-state index contributed by atoms with van der Waals surface area (Å²) in [4.78, 5) is 4.37. The van der Waals surface area contributed by atoms with E-state index in [1.807, 2.05) is 37.3 Å². The van der Waals surface area contributed by atoms with Crippen LogP contribution >= 0.6 is 15.9 Å². The van der Waals surface area contributed by atoms with Crippen LogP contribution in [0.25, 0.3) is 11.7 Å². The molecule has 0 amide bonds. The molecule has 0 spiro atoms. The molecule has 4 aromatic rings. The van der Waals surface area contributed by atoms with E-state index in [0.717, 1.165) is 10.0 Å². The molecule has 0 bridgehead atoms. The van der Waals surface area contributed by atoms with Gasteiger partial charge in [0.1, 0.15) is 0 Å². The maximum atomic E-state index is 13.3. The van der Waals surface area contributed by atoms with Crippen LogP contribution in [0.2, 0.25) is 0 Å². The summed E-state index contributed by atoms with van der Waals surface area (Å²) in [5.41, 5.74) is 0.982. The highest BCUT2D eigenvalue weighted by Gasteiger charge is 2.30. The molecule has 0 fully saturated rings. The van der Waals surface area contributed by atoms with Crippen molar-refractivity contribution in [2.24, 2.45) is 0 Å². The number of halogens is 1. The zero-order valence-electron chi connectivity index (χ0n) is 15.4. The molecule has 0 aliphatic carbocycles. The van der Waals surface area contributed by atoms with E-state index < -0.39 is 9.84 Å². The first-order chi connectivity index (χ1) is 13.9. The van der Waals surface area contributed by atoms with Crippen LogP contribution in [-0.2, 0) is 9.84 Å². The highest BCUT2D eigenvalue weighted by molar-refractivity contribution is 9.10. The van der Waals surface area contributed by atoms with E-state index in [1.54, 1.807) is 24.3 Å². The summed E-state index contributed by atoms with van der Waals surface area (Å²) in [6, 6.07) is 19.2. The van der Waals surface area contributed by atoms with Gasteiger partial charge in [-0.2, -0.15) is 4.98 Å². The van der Waals surface area contributed by atoms with Crippen LogP contribution in [0.5, 0.6) is 0 Å². The van der Waals surface area contributed by atoms with Crippen LogP contribution in [0, 0.1) is 0 Å². The van der Waals surface area contributed by atoms with E-state index in [4.69, 9.17) is 8.83 Å². The first-order valence-corrected chi connectivity index (χ1v) is 11.1. The molecule has 148 valence electrons. The van der Waals surface area contributed by atoms with Crippen molar-refractivity contribution in [2.75, 3.05) is 5.32 Å². The number of sulfone groups is 1. The van der Waals surface area contributed by atoms with Crippen LogP contribution in [-0.4, -0.2) is 13.4 Å². The minimum atomic E-state index is -3.91. The largest absolute Gasteiger partial charge is 0.459 e. The lowest BCUT2D eigenvalue weighted by atomic mass is 10.1. The fourth-order valence-corrected chi connectivity index (χ4v) is 4.36. The highest BCUT2D eigenvalue weighted by atomic mass is 79.9. The Kier molecular flexibility index (Phi) is 5.29. The van der Waals surface area contributed by atoms with Crippen molar-refractivity contribution < 1.29 is 17.3 Å². The minimum absolute atomic E-state index is 0.0654. The summed E-state index contributed by atoms with van der Waals surface area (Å²) in [6.45, 7) is 1.92. The number of nitrogens with zero attached hydrogens (tertiary/aromatic N) is 1. The third-order valence-electron chi connectivity index (χ3n) is 4.35. The molecule has 2 aromatic carbocycles. The summed E-state index contributed by atoms with van der Waals surface area (Å²) in [7, 11) is -3.91. The van der Waals surface area contributed by atoms with Crippen molar-refractivity contribution in [2.45, 2.75) is 22.9 Å². The zero-order chi connectivity index (χ0) is 20.4. The SMILES string of the molecule is CC(Nc1oc(-c2ccco2)nc1S(=O)(=O)c1ccc(Br)cc1)c1ccccc1. The molecule has 2 aromatic heterocycles. The third kappa shape index (κ3) is 3.99. The molecule has 0 saturated heterocycles. The lowest BCUT2D eigenvalue weighted by Crippen LogP contribution is -2.10. The van der Waals surface area contributed by atoms with Crippen molar-refractivity contribution in [1.82, 2.24) is 4.98 Å². The van der Waals surface area contributed by atoms with Gasteiger partial charge < -0.3 is 14.2 Å². The Morgan fingerprint density at radius 2 is 1.72 bits per heavy atom. The van der Waals surface area contributed by atoms with Gasteiger partial charge in [0.25, 0.3) is 5.89 Å². The minimum Gasteiger partial charge on any atom is -0.459 e. The first kappa shape index (κ1) is 19.5. The van der Waals surface area contributed by atoms with Gasteiger partial charge in [0.15, 0.2) is 5.76 Å². The molecule has 0 aliphatic heterocycles. The smallest absolute Gasteiger partial charge is 0.266 e. The predicted octanol–water partition coefficient (Wildman–Crippen LogP) is 5.70. The number of hydrogen-bond acceptors (Lipinski definition) is 6. The number of aromatic nitrogens is 1. The van der Waals surface area contributed by atoms with E-state index >= 15 is 0 Å². The van der Waals surface area contributed by atoms with Crippen molar-refractivity contribution >= 4 is 31.7 Å². The number of nitrogens with one attached hydrogen (secondary N) is 1. The first-order valence-electron chi connectivity index (χ1n) is 8.82. The number of furan rings is 1. The van der Waals surface area contributed by atoms with Gasteiger partial charge in [0, 0.05) is 4.47 Å². The monoisotopic (exact) mass is 472 g/mol. The van der Waals surface area contributed by atoms with Gasteiger partial charge in [0.2, 0.25) is 20.7 Å². The molecule has 4 rings (SSSR count). The van der Waals surface area contributed by atoms with Gasteiger partial charge in [-0.3, -0.25) is 0 Å². The normalized spacial score (nSPS) is 12.6. The number of anilines is 1. The van der Waals surface area contributed by atoms with Gasteiger partial charge in [-0.05, 0) is 48.9 Å². The van der Waals surface area contributed by atoms with E-state index in [-0.39, 0.29) is 27.7 Å². The third-order valence-corrected chi connectivity index (χ3v) is 6.56. The molecule has 2 heterocycles. The fraction of sp³-hybridized carbons (Fsp3) is 0.0952. The molecule has 0 radical (unpaired) electrons. The second-order valence-electron chi connectivity index (χ2n) is 6.36. The molecule has 0 aliphatic rings. The van der Waals surface area contributed by atoms with Crippen LogP contribution in [0.3, 0.4) is 0 Å². The molecule has 8 heteroatoms. The summed E-state index contributed by atoms with van der Waals surface area (Å²) < 4.78 is 38.4. The van der Waals surface area contributed by atoms with E-state index in [0.29, 0.717) is 5.76 Å². The number of oxazole rings is 1. The molecule has 1 N–H and O–H groups in total. The quantitative estimate of drug-likeness (QED) is 0.387. The van der Waals surface area contributed by atoms with Crippen LogP contribution in [0.15, 0.2) is 96.2 Å². The lowest BCUT2D eigenvalue weighted by molar-refractivity contribution is 0.520. The molecule has 1 atom stereocenters. The van der Waals surface area contributed by atoms with E-state index in [1.165, 1.54) is 18.4 Å². The van der Waals surface area contributed by atoms with Crippen LogP contribution in [0.4, 0.5) is 5.88 Å². The maximum absolute atomic E-state index is 13.3. The Bertz CT molecular complexity index is 1200. The number of rotatable bonds is 6. The Balaban J connectivity index is 1.78. The van der Waals surface area contributed by atoms with Crippen molar-refractivity contribution in [1.29, 1.82) is 0 Å². The summed E-state index contributed by atoms with van der Waals surface area (Å²) in [5.74, 6) is 0.502. The summed E-state index contributed by atoms with van der Waals surface area (Å²) in [6.07, 6.45) is 1.47. The summed E-state index contributed by atoms with van der Waals surface area (Å²) >= 11 is 3.32. The molecular formula is C21H17BrN2O4S. The van der Waals surface area contributed by atoms with Crippen molar-refractivity contribution in [3.05, 3.63) is 83.0 Å². The van der Waals surface area contributed by atoms with Crippen molar-refractivity contribution in [3.8, 4) is 11.7 Å². The van der Waals surface area contributed by atoms with Gasteiger partial charge in [-0.1, -0.05) is 46.3 Å². The molecule has 1 unspecified atom stereocenters. The van der Waals surface area contributed by atoms with Gasteiger partial charge in [0.05, 0.1) is 17.2 Å². The Morgan fingerprint density at radius 1 is 1.00 bits per heavy atom. The van der Waals surface area contributed by atoms with Gasteiger partial charge >= 0.3 is 0 Å². The van der Waals surface area contributed by atoms with E-state index in [2.05, 4.69) is 26.2 Å². The van der Waals surface area contributed by atoms with Crippen LogP contribution in [0.1, 0.15) is 18.5 Å². The topological polar surface area (TPSA) is 85.3 Å². The molecule has 0 saturated carbocycles. The Hall–Kier alpha value is -2.84. The highest BCUT2D eigenvalue weighted by Crippen LogP contribution is 2.34. The van der Waals surface area contributed by atoms with Crippen LogP contribution < -0.4 is 5.32 Å². The number of hydrogen-bond donors (Lipinski definition) is 1. The number of benzene rings is 2. The maximum Gasteiger partial charge on any atom is 0.266 e. The van der Waals surface area contributed by atoms with Crippen molar-refractivity contribution in [3.63, 3.8) is 0 Å². The second-order valence-corrected chi connectivity index (χ2v) is 9.15. The van der Waals surface area contributed by atoms with Gasteiger partial charge in [-0.15, -0.1) is 0 Å². The molecule has 6 nitrogen and oxygen atoms in total. The van der Waals surface area contributed by atoms with E-state index in [9.17, 15) is 8.42 Å². The average molecular weight is 473 g/mol. The standard InChI is InChI=1S/C21H17BrN2O4S/c1-14(15-6-3-2-4-7-15)23-20-21(24-19(28-20)18-8-5-13-27-18)29(25,26)17-11-9-16(22)10-12-17/h2-14,23H,1H3. The fourth-order valence-electron chi connectivity index (χ4n) is 2.83. The second kappa shape index (κ2) is 7.88. The molecule has 29 heavy (non-hydrogen) atoms. The zero-order valence-corrected chi connectivity index (χ0v) is 17.8. The Labute approximate surface area is 176 Å². The summed E-state index contributed by atoms with van der Waals surface area (Å²) in [5, 5.41) is 2.95.